The van der Waals surface area contributed by atoms with Crippen LogP contribution in [0.4, 0.5) is 5.13 Å². The Bertz CT molecular complexity index is 1590. The molecule has 1 atom stereocenters. The van der Waals surface area contributed by atoms with Crippen molar-refractivity contribution >= 4 is 67.3 Å². The predicted octanol–water partition coefficient (Wildman–Crippen LogP) is 6.85. The molecular formula is C27H20Cl2N2O4S. The van der Waals surface area contributed by atoms with Crippen LogP contribution in [0.2, 0.25) is 10.0 Å². The van der Waals surface area contributed by atoms with Crippen LogP contribution in [0.1, 0.15) is 28.3 Å². The summed E-state index contributed by atoms with van der Waals surface area (Å²) in [5, 5.41) is 12.3. The number of hydrogen-bond donors (Lipinski definition) is 1. The molecule has 2 heterocycles. The lowest BCUT2D eigenvalue weighted by molar-refractivity contribution is -0.132. The van der Waals surface area contributed by atoms with E-state index < -0.39 is 17.7 Å². The van der Waals surface area contributed by atoms with Crippen molar-refractivity contribution in [2.45, 2.75) is 19.9 Å². The fourth-order valence-corrected chi connectivity index (χ4v) is 5.89. The van der Waals surface area contributed by atoms with Crippen LogP contribution in [0.5, 0.6) is 5.75 Å². The number of nitrogens with zero attached hydrogens (tertiary/aromatic N) is 2. The number of rotatable bonds is 4. The third-order valence-corrected chi connectivity index (χ3v) is 7.81. The summed E-state index contributed by atoms with van der Waals surface area (Å²) >= 11 is 13.8. The van der Waals surface area contributed by atoms with Crippen LogP contribution in [0, 0.1) is 13.8 Å². The number of fused-ring (bicyclic) bond motifs is 1. The molecule has 36 heavy (non-hydrogen) atoms. The maximum atomic E-state index is 13.5. The smallest absolute Gasteiger partial charge is 0.301 e. The second-order valence-corrected chi connectivity index (χ2v) is 10.3. The normalized spacial score (nSPS) is 17.2. The van der Waals surface area contributed by atoms with E-state index >= 15 is 0 Å². The van der Waals surface area contributed by atoms with Crippen molar-refractivity contribution in [3.05, 3.63) is 92.5 Å². The Morgan fingerprint density at radius 2 is 1.83 bits per heavy atom. The molecule has 0 aliphatic carbocycles. The van der Waals surface area contributed by atoms with Gasteiger partial charge in [-0.2, -0.15) is 0 Å². The number of carbonyl (C=O) groups excluding carboxylic acids is 2. The molecule has 1 unspecified atom stereocenters. The number of aryl methyl sites for hydroxylation is 2. The number of aromatic nitrogens is 1. The van der Waals surface area contributed by atoms with Crippen molar-refractivity contribution in [1.82, 2.24) is 4.98 Å². The van der Waals surface area contributed by atoms with E-state index in [1.807, 2.05) is 26.0 Å². The standard InChI is InChI=1S/C27H20Cl2N2O4S/c1-13-9-14(2)22-20(10-13)36-27(30-22)31-23(15-7-8-18(28)19(29)12-15)21(25(33)26(31)34)24(32)16-5-4-6-17(11-16)35-3/h4-12,23,32H,1-3H3/b24-21+. The molecule has 182 valence electrons. The van der Waals surface area contributed by atoms with Gasteiger partial charge in [-0.15, -0.1) is 0 Å². The summed E-state index contributed by atoms with van der Waals surface area (Å²) < 4.78 is 6.16. The van der Waals surface area contributed by atoms with Gasteiger partial charge in [0.25, 0.3) is 5.78 Å². The summed E-state index contributed by atoms with van der Waals surface area (Å²) in [7, 11) is 1.50. The van der Waals surface area contributed by atoms with Gasteiger partial charge in [0, 0.05) is 5.56 Å². The van der Waals surface area contributed by atoms with Gasteiger partial charge < -0.3 is 9.84 Å². The van der Waals surface area contributed by atoms with Crippen LogP contribution in [0.3, 0.4) is 0 Å². The topological polar surface area (TPSA) is 79.7 Å². The average Bonchev–Trinajstić information content (AvgIpc) is 3.39. The molecule has 5 rings (SSSR count). The van der Waals surface area contributed by atoms with Crippen LogP contribution >= 0.6 is 34.5 Å². The number of hydrogen-bond acceptors (Lipinski definition) is 6. The Labute approximate surface area is 221 Å². The monoisotopic (exact) mass is 538 g/mol. The fraction of sp³-hybridized carbons (Fsp3) is 0.148. The van der Waals surface area contributed by atoms with Crippen molar-refractivity contribution in [2.75, 3.05) is 12.0 Å². The molecule has 1 fully saturated rings. The van der Waals surface area contributed by atoms with E-state index in [-0.39, 0.29) is 16.4 Å². The number of ether oxygens (including phenoxy) is 1. The Morgan fingerprint density at radius 1 is 1.06 bits per heavy atom. The van der Waals surface area contributed by atoms with Gasteiger partial charge in [-0.1, -0.05) is 58.8 Å². The lowest BCUT2D eigenvalue weighted by atomic mass is 9.95. The molecule has 4 aromatic rings. The van der Waals surface area contributed by atoms with E-state index in [0.29, 0.717) is 27.0 Å². The number of halogens is 2. The highest BCUT2D eigenvalue weighted by Crippen LogP contribution is 2.45. The first-order chi connectivity index (χ1) is 17.2. The molecule has 3 aromatic carbocycles. The lowest BCUT2D eigenvalue weighted by Crippen LogP contribution is -2.29. The number of anilines is 1. The van der Waals surface area contributed by atoms with Gasteiger partial charge in [-0.3, -0.25) is 14.5 Å². The van der Waals surface area contributed by atoms with Crippen LogP contribution in [-0.2, 0) is 9.59 Å². The SMILES string of the molecule is COc1cccc(/C(O)=C2\C(=O)C(=O)N(c3nc4c(C)cc(C)cc4s3)C2c2ccc(Cl)c(Cl)c2)c1. The maximum Gasteiger partial charge on any atom is 0.301 e. The van der Waals surface area contributed by atoms with E-state index in [9.17, 15) is 14.7 Å². The van der Waals surface area contributed by atoms with Gasteiger partial charge in [-0.25, -0.2) is 4.98 Å². The van der Waals surface area contributed by atoms with Crippen LogP contribution < -0.4 is 9.64 Å². The van der Waals surface area contributed by atoms with Crippen LogP contribution in [0.15, 0.2) is 60.2 Å². The highest BCUT2D eigenvalue weighted by molar-refractivity contribution is 7.22. The molecule has 1 aromatic heterocycles. The third kappa shape index (κ3) is 4.03. The largest absolute Gasteiger partial charge is 0.507 e. The molecule has 6 nitrogen and oxygen atoms in total. The van der Waals surface area contributed by atoms with Gasteiger partial charge in [-0.05, 0) is 60.9 Å². The Balaban J connectivity index is 1.76. The molecule has 1 N–H and O–H groups in total. The van der Waals surface area contributed by atoms with E-state index in [4.69, 9.17) is 32.9 Å². The highest BCUT2D eigenvalue weighted by atomic mass is 35.5. The van der Waals surface area contributed by atoms with Gasteiger partial charge in [0.05, 0.1) is 39.0 Å². The van der Waals surface area contributed by atoms with E-state index in [1.165, 1.54) is 23.3 Å². The van der Waals surface area contributed by atoms with Crippen molar-refractivity contribution in [1.29, 1.82) is 0 Å². The first-order valence-electron chi connectivity index (χ1n) is 11.0. The van der Waals surface area contributed by atoms with Gasteiger partial charge in [0.15, 0.2) is 5.13 Å². The van der Waals surface area contributed by atoms with E-state index in [1.54, 1.807) is 42.5 Å². The highest BCUT2D eigenvalue weighted by Gasteiger charge is 2.48. The number of methoxy groups -OCH3 is 1. The number of carbonyl (C=O) groups is 2. The Kier molecular flexibility index (Phi) is 6.24. The zero-order chi connectivity index (χ0) is 25.7. The molecule has 0 saturated carbocycles. The summed E-state index contributed by atoms with van der Waals surface area (Å²) in [6, 6.07) is 14.6. The van der Waals surface area contributed by atoms with E-state index in [2.05, 4.69) is 0 Å². The van der Waals surface area contributed by atoms with Crippen molar-refractivity contribution in [2.24, 2.45) is 0 Å². The van der Waals surface area contributed by atoms with Crippen LogP contribution in [0.25, 0.3) is 16.0 Å². The molecule has 0 radical (unpaired) electrons. The number of aliphatic hydroxyl groups is 1. The third-order valence-electron chi connectivity index (χ3n) is 6.07. The van der Waals surface area contributed by atoms with E-state index in [0.717, 1.165) is 21.3 Å². The van der Waals surface area contributed by atoms with Crippen molar-refractivity contribution in [3.63, 3.8) is 0 Å². The summed E-state index contributed by atoms with van der Waals surface area (Å²) in [5.41, 5.74) is 3.57. The quantitative estimate of drug-likeness (QED) is 0.174. The molecule has 0 spiro atoms. The predicted molar refractivity (Wildman–Crippen MR) is 143 cm³/mol. The summed E-state index contributed by atoms with van der Waals surface area (Å²) in [6.07, 6.45) is 0. The average molecular weight is 539 g/mol. The second kappa shape index (κ2) is 9.24. The maximum absolute atomic E-state index is 13.5. The number of amides is 1. The molecule has 1 aliphatic rings. The molecule has 1 aliphatic heterocycles. The van der Waals surface area contributed by atoms with Crippen LogP contribution in [-0.4, -0.2) is 28.9 Å². The number of ketones is 1. The molecule has 9 heteroatoms. The molecule has 0 bridgehead atoms. The molecular weight excluding hydrogens is 519 g/mol. The molecule has 1 amide bonds. The number of aliphatic hydroxyl groups excluding tert-OH is 1. The van der Waals surface area contributed by atoms with Gasteiger partial charge in [0.2, 0.25) is 0 Å². The number of thiazole rings is 1. The minimum atomic E-state index is -0.965. The Morgan fingerprint density at radius 3 is 2.56 bits per heavy atom. The summed E-state index contributed by atoms with van der Waals surface area (Å²) in [5.74, 6) is -1.43. The zero-order valence-corrected chi connectivity index (χ0v) is 21.8. The number of benzene rings is 3. The minimum Gasteiger partial charge on any atom is -0.507 e. The first kappa shape index (κ1) is 24.3. The second-order valence-electron chi connectivity index (χ2n) is 8.50. The minimum absolute atomic E-state index is 0.0706. The zero-order valence-electron chi connectivity index (χ0n) is 19.5. The lowest BCUT2D eigenvalue weighted by Gasteiger charge is -2.23. The van der Waals surface area contributed by atoms with Gasteiger partial charge in [0.1, 0.15) is 11.5 Å². The van der Waals surface area contributed by atoms with Gasteiger partial charge >= 0.3 is 5.91 Å². The number of Topliss-reactive ketones (excluding diaryl/α,β-unsaturated/α-hetero) is 1. The first-order valence-corrected chi connectivity index (χ1v) is 12.5. The molecule has 1 saturated heterocycles. The summed E-state index contributed by atoms with van der Waals surface area (Å²) in [6.45, 7) is 3.94. The van der Waals surface area contributed by atoms with Crippen molar-refractivity contribution in [3.8, 4) is 5.75 Å². The fourth-order valence-electron chi connectivity index (χ4n) is 4.42. The van der Waals surface area contributed by atoms with Crippen molar-refractivity contribution < 1.29 is 19.4 Å². The summed E-state index contributed by atoms with van der Waals surface area (Å²) in [4.78, 5) is 32.9. The Hall–Kier alpha value is -3.39.